The van der Waals surface area contributed by atoms with Crippen LogP contribution in [-0.2, 0) is 14.3 Å². The lowest BCUT2D eigenvalue weighted by Crippen LogP contribution is -2.60. The Balaban J connectivity index is 2.06. The zero-order chi connectivity index (χ0) is 53.6. The summed E-state index contributed by atoms with van der Waals surface area (Å²) in [5.74, 6) is -0.180. The van der Waals surface area contributed by atoms with Crippen molar-refractivity contribution in [2.24, 2.45) is 0 Å². The van der Waals surface area contributed by atoms with Crippen molar-refractivity contribution in [3.05, 3.63) is 24.3 Å². The van der Waals surface area contributed by atoms with E-state index >= 15 is 0 Å². The number of nitrogens with one attached hydrogen (secondary N) is 1. The van der Waals surface area contributed by atoms with Gasteiger partial charge in [0.1, 0.15) is 24.4 Å². The predicted molar refractivity (Wildman–Crippen MR) is 314 cm³/mol. The Bertz CT molecular complexity index is 1210. The van der Waals surface area contributed by atoms with Crippen LogP contribution in [0.25, 0.3) is 0 Å². The van der Waals surface area contributed by atoms with Gasteiger partial charge < -0.3 is 40.3 Å². The molecule has 9 nitrogen and oxygen atoms in total. The summed E-state index contributed by atoms with van der Waals surface area (Å²) >= 11 is 0. The highest BCUT2D eigenvalue weighted by molar-refractivity contribution is 5.76. The molecule has 0 aliphatic carbocycles. The highest BCUT2D eigenvalue weighted by atomic mass is 16.7. The van der Waals surface area contributed by atoms with Gasteiger partial charge in [0, 0.05) is 6.42 Å². The van der Waals surface area contributed by atoms with Gasteiger partial charge in [-0.05, 0) is 32.1 Å². The number of amides is 1. The highest BCUT2D eigenvalue weighted by Crippen LogP contribution is 2.23. The lowest BCUT2D eigenvalue weighted by molar-refractivity contribution is -0.302. The maximum atomic E-state index is 13.1. The zero-order valence-electron chi connectivity index (χ0n) is 48.9. The van der Waals surface area contributed by atoms with Gasteiger partial charge in [-0.2, -0.15) is 0 Å². The smallest absolute Gasteiger partial charge is 0.220 e. The summed E-state index contributed by atoms with van der Waals surface area (Å²) in [5.41, 5.74) is 0. The fraction of sp³-hybridized carbons (Fsp3) is 0.923. The Labute approximate surface area is 458 Å². The van der Waals surface area contributed by atoms with Gasteiger partial charge in [-0.3, -0.25) is 4.79 Å². The predicted octanol–water partition coefficient (Wildman–Crippen LogP) is 16.9. The van der Waals surface area contributed by atoms with Crippen molar-refractivity contribution in [3.63, 3.8) is 0 Å². The van der Waals surface area contributed by atoms with Crippen molar-refractivity contribution in [1.29, 1.82) is 0 Å². The minimum Gasteiger partial charge on any atom is -0.394 e. The van der Waals surface area contributed by atoms with E-state index in [0.29, 0.717) is 6.42 Å². The highest BCUT2D eigenvalue weighted by Gasteiger charge is 2.44. The first-order valence-electron chi connectivity index (χ1n) is 32.6. The summed E-state index contributed by atoms with van der Waals surface area (Å²) in [6.07, 6.45) is 64.4. The Morgan fingerprint density at radius 2 is 0.770 bits per heavy atom. The number of carbonyl (C=O) groups is 1. The Morgan fingerprint density at radius 3 is 1.14 bits per heavy atom. The number of aliphatic hydroxyl groups is 5. The second-order valence-corrected chi connectivity index (χ2v) is 22.9. The van der Waals surface area contributed by atoms with E-state index in [1.807, 2.05) is 6.08 Å². The Kier molecular flexibility index (Phi) is 52.5. The molecule has 1 rings (SSSR count). The van der Waals surface area contributed by atoms with E-state index < -0.39 is 49.5 Å². The molecule has 0 aromatic heterocycles. The molecule has 0 spiro atoms. The van der Waals surface area contributed by atoms with Crippen LogP contribution in [-0.4, -0.2) is 87.5 Å². The van der Waals surface area contributed by atoms with Gasteiger partial charge in [-0.15, -0.1) is 0 Å². The van der Waals surface area contributed by atoms with Crippen molar-refractivity contribution < 1.29 is 39.8 Å². The molecule has 74 heavy (non-hydrogen) atoms. The third-order valence-corrected chi connectivity index (χ3v) is 15.8. The topological polar surface area (TPSA) is 149 Å². The Morgan fingerprint density at radius 1 is 0.446 bits per heavy atom. The van der Waals surface area contributed by atoms with E-state index in [9.17, 15) is 30.3 Å². The second-order valence-electron chi connectivity index (χ2n) is 22.9. The maximum absolute atomic E-state index is 13.1. The summed E-state index contributed by atoms with van der Waals surface area (Å²) in [6.45, 7) is 3.80. The average Bonchev–Trinajstić information content (AvgIpc) is 3.40. The van der Waals surface area contributed by atoms with E-state index in [0.717, 1.165) is 38.5 Å². The number of hydrogen-bond donors (Lipinski definition) is 6. The van der Waals surface area contributed by atoms with Gasteiger partial charge in [0.25, 0.3) is 0 Å². The normalized spacial score (nSPS) is 19.0. The van der Waals surface area contributed by atoms with Crippen molar-refractivity contribution in [3.8, 4) is 0 Å². The number of allylic oxidation sites excluding steroid dienone is 3. The summed E-state index contributed by atoms with van der Waals surface area (Å²) in [4.78, 5) is 13.1. The van der Waals surface area contributed by atoms with Crippen molar-refractivity contribution in [1.82, 2.24) is 5.32 Å². The minimum absolute atomic E-state index is 0.180. The first-order chi connectivity index (χ1) is 36.3. The molecular formula is C65H125NO8. The third kappa shape index (κ3) is 43.6. The lowest BCUT2D eigenvalue weighted by atomic mass is 9.99. The number of carbonyl (C=O) groups excluding carboxylic acids is 1. The van der Waals surface area contributed by atoms with Gasteiger partial charge in [-0.25, -0.2) is 0 Å². The molecule has 7 unspecified atom stereocenters. The van der Waals surface area contributed by atoms with E-state index in [4.69, 9.17) is 9.47 Å². The molecule has 0 radical (unpaired) electrons. The van der Waals surface area contributed by atoms with Gasteiger partial charge in [0.2, 0.25) is 5.91 Å². The molecule has 0 aromatic rings. The molecule has 1 heterocycles. The molecule has 7 atom stereocenters. The third-order valence-electron chi connectivity index (χ3n) is 15.8. The molecule has 1 saturated heterocycles. The molecule has 1 aliphatic rings. The number of aliphatic hydroxyl groups excluding tert-OH is 5. The van der Waals surface area contributed by atoms with Crippen LogP contribution in [0.15, 0.2) is 24.3 Å². The molecular weight excluding hydrogens is 923 g/mol. The number of hydrogen-bond acceptors (Lipinski definition) is 8. The summed E-state index contributed by atoms with van der Waals surface area (Å²) in [6, 6.07) is -0.818. The molecule has 0 bridgehead atoms. The first kappa shape index (κ1) is 70.7. The van der Waals surface area contributed by atoms with Crippen LogP contribution in [0, 0.1) is 0 Å². The fourth-order valence-electron chi connectivity index (χ4n) is 10.6. The van der Waals surface area contributed by atoms with Crippen LogP contribution in [0.4, 0.5) is 0 Å². The van der Waals surface area contributed by atoms with E-state index in [-0.39, 0.29) is 12.5 Å². The lowest BCUT2D eigenvalue weighted by Gasteiger charge is -2.40. The summed E-state index contributed by atoms with van der Waals surface area (Å²) in [5, 5.41) is 54.5. The van der Waals surface area contributed by atoms with Crippen LogP contribution in [0.1, 0.15) is 328 Å². The van der Waals surface area contributed by atoms with Crippen LogP contribution in [0.5, 0.6) is 0 Å². The quantitative estimate of drug-likeness (QED) is 0.0261. The van der Waals surface area contributed by atoms with Gasteiger partial charge in [0.05, 0.1) is 25.4 Å². The molecule has 1 fully saturated rings. The molecule has 9 heteroatoms. The van der Waals surface area contributed by atoms with E-state index in [2.05, 4.69) is 31.3 Å². The standard InChI is InChI=1S/C65H125NO8/c1-3-5-7-9-11-13-15-17-19-20-21-22-23-24-25-26-27-28-29-30-31-32-33-34-35-36-37-38-39-41-43-45-47-49-51-53-55-61(69)66-58(57-73-65-64(72)63(71)62(70)60(56-67)74-65)59(68)54-52-50-48-46-44-42-40-18-16-14-12-10-8-6-4-2/h44,46,52,54,58-60,62-65,67-68,70-72H,3-43,45,47-51,53,55-57H2,1-2H3,(H,66,69)/b46-44+,54-52+. The number of unbranched alkanes of at least 4 members (excludes halogenated alkanes) is 45. The second kappa shape index (κ2) is 55.0. The molecule has 438 valence electrons. The van der Waals surface area contributed by atoms with E-state index in [1.165, 1.54) is 270 Å². The van der Waals surface area contributed by atoms with Crippen molar-refractivity contribution in [2.45, 2.75) is 371 Å². The Hall–Kier alpha value is -1.33. The summed E-state index contributed by atoms with van der Waals surface area (Å²) in [7, 11) is 0. The number of rotatable bonds is 57. The van der Waals surface area contributed by atoms with Crippen LogP contribution < -0.4 is 5.32 Å². The monoisotopic (exact) mass is 1050 g/mol. The largest absolute Gasteiger partial charge is 0.394 e. The molecule has 1 amide bonds. The minimum atomic E-state index is -1.57. The van der Waals surface area contributed by atoms with Gasteiger partial charge in [-0.1, -0.05) is 314 Å². The van der Waals surface area contributed by atoms with Crippen molar-refractivity contribution >= 4 is 5.91 Å². The van der Waals surface area contributed by atoms with Crippen LogP contribution in [0.2, 0.25) is 0 Å². The van der Waals surface area contributed by atoms with E-state index in [1.54, 1.807) is 6.08 Å². The SMILES string of the molecule is CCCCCCCCCCC/C=C/CC/C=C/C(O)C(COC1OC(CO)C(O)C(O)C1O)NC(=O)CCCCCCCCCCCCCCCCCCCCCCCCCCCCCCCCCCCCCC. The van der Waals surface area contributed by atoms with Crippen LogP contribution in [0.3, 0.4) is 0 Å². The van der Waals surface area contributed by atoms with Gasteiger partial charge >= 0.3 is 0 Å². The average molecular weight is 1050 g/mol. The number of ether oxygens (including phenoxy) is 2. The molecule has 6 N–H and O–H groups in total. The fourth-order valence-corrected chi connectivity index (χ4v) is 10.6. The molecule has 0 saturated carbocycles. The first-order valence-corrected chi connectivity index (χ1v) is 32.6. The molecule has 0 aromatic carbocycles. The van der Waals surface area contributed by atoms with Crippen LogP contribution >= 0.6 is 0 Å². The molecule has 1 aliphatic heterocycles. The van der Waals surface area contributed by atoms with Gasteiger partial charge in [0.15, 0.2) is 6.29 Å². The van der Waals surface area contributed by atoms with Crippen molar-refractivity contribution in [2.75, 3.05) is 13.2 Å². The maximum Gasteiger partial charge on any atom is 0.220 e. The zero-order valence-corrected chi connectivity index (χ0v) is 48.9. The summed E-state index contributed by atoms with van der Waals surface area (Å²) < 4.78 is 11.3.